The van der Waals surface area contributed by atoms with E-state index in [1.807, 2.05) is 24.3 Å². The molecule has 34 heavy (non-hydrogen) atoms. The minimum Gasteiger partial charge on any atom is -0.341 e. The normalized spacial score (nSPS) is 21.5. The molecule has 0 unspecified atom stereocenters. The van der Waals surface area contributed by atoms with Gasteiger partial charge in [-0.3, -0.25) is 0 Å². The van der Waals surface area contributed by atoms with E-state index in [-0.39, 0.29) is 12.1 Å². The van der Waals surface area contributed by atoms with E-state index in [1.165, 1.54) is 0 Å². The Morgan fingerprint density at radius 3 is 1.35 bits per heavy atom. The SMILES string of the molecule is FN1CCC[C@H]1c1ncc(-c2ccc(-c3ccc(-c4cnc([C@@H]5CCCN5F)[nH]4)cc3)cc2)[nH]1. The lowest BCUT2D eigenvalue weighted by Gasteiger charge is -2.11. The lowest BCUT2D eigenvalue weighted by atomic mass is 10.0. The number of benzene rings is 2. The summed E-state index contributed by atoms with van der Waals surface area (Å²) in [4.78, 5) is 15.4. The van der Waals surface area contributed by atoms with E-state index >= 15 is 0 Å². The van der Waals surface area contributed by atoms with Crippen molar-refractivity contribution in [1.82, 2.24) is 30.2 Å². The first-order valence-electron chi connectivity index (χ1n) is 11.8. The van der Waals surface area contributed by atoms with E-state index < -0.39 is 0 Å². The van der Waals surface area contributed by atoms with E-state index in [2.05, 4.69) is 44.2 Å². The molecule has 8 heteroatoms. The Bertz CT molecular complexity index is 1160. The minimum absolute atomic E-state index is 0.272. The second-order valence-corrected chi connectivity index (χ2v) is 9.08. The number of rotatable bonds is 5. The van der Waals surface area contributed by atoms with Crippen molar-refractivity contribution in [3.05, 3.63) is 72.6 Å². The molecule has 0 saturated carbocycles. The van der Waals surface area contributed by atoms with Crippen LogP contribution in [0.15, 0.2) is 60.9 Å². The number of hydrogen-bond donors (Lipinski definition) is 2. The Kier molecular flexibility index (Phi) is 5.47. The van der Waals surface area contributed by atoms with Gasteiger partial charge in [0, 0.05) is 13.1 Å². The second kappa shape index (κ2) is 8.77. The van der Waals surface area contributed by atoms with Gasteiger partial charge in [-0.2, -0.15) is 0 Å². The summed E-state index contributed by atoms with van der Waals surface area (Å²) in [5.41, 5.74) is 6.01. The Hall–Kier alpha value is -3.36. The number of H-pyrrole nitrogens is 2. The van der Waals surface area contributed by atoms with Crippen molar-refractivity contribution in [3.8, 4) is 33.6 Å². The van der Waals surface area contributed by atoms with Crippen molar-refractivity contribution in [3.63, 3.8) is 0 Å². The summed E-state index contributed by atoms with van der Waals surface area (Å²) in [6.45, 7) is 0.929. The van der Waals surface area contributed by atoms with Crippen LogP contribution in [0, 0.1) is 0 Å². The van der Waals surface area contributed by atoms with E-state index in [0.717, 1.165) is 69.6 Å². The Balaban J connectivity index is 1.16. The van der Waals surface area contributed by atoms with Crippen molar-refractivity contribution >= 4 is 0 Å². The minimum atomic E-state index is -0.272. The van der Waals surface area contributed by atoms with Crippen LogP contribution >= 0.6 is 0 Å². The Morgan fingerprint density at radius 2 is 1.00 bits per heavy atom. The monoisotopic (exact) mass is 460 g/mol. The fourth-order valence-corrected chi connectivity index (χ4v) is 4.99. The zero-order valence-electron chi connectivity index (χ0n) is 18.7. The van der Waals surface area contributed by atoms with Crippen molar-refractivity contribution < 1.29 is 8.96 Å². The number of nitrogens with zero attached hydrogens (tertiary/aromatic N) is 4. The molecule has 6 rings (SSSR count). The number of aromatic amines is 2. The first-order chi connectivity index (χ1) is 16.7. The van der Waals surface area contributed by atoms with E-state index in [0.29, 0.717) is 24.7 Å². The zero-order chi connectivity index (χ0) is 23.1. The molecule has 2 N–H and O–H groups in total. The molecule has 0 spiro atoms. The highest BCUT2D eigenvalue weighted by molar-refractivity contribution is 5.71. The van der Waals surface area contributed by atoms with E-state index in [1.54, 1.807) is 12.4 Å². The van der Waals surface area contributed by atoms with Gasteiger partial charge in [-0.15, -0.1) is 19.2 Å². The van der Waals surface area contributed by atoms with Crippen LogP contribution in [0.1, 0.15) is 49.4 Å². The number of halogens is 2. The van der Waals surface area contributed by atoms with Gasteiger partial charge in [0.2, 0.25) is 0 Å². The smallest absolute Gasteiger partial charge is 0.126 e. The Morgan fingerprint density at radius 1 is 0.618 bits per heavy atom. The predicted molar refractivity (Wildman–Crippen MR) is 127 cm³/mol. The van der Waals surface area contributed by atoms with E-state index in [9.17, 15) is 8.96 Å². The van der Waals surface area contributed by atoms with Crippen LogP contribution in [0.25, 0.3) is 33.6 Å². The molecular weight excluding hydrogens is 434 g/mol. The van der Waals surface area contributed by atoms with Crippen molar-refractivity contribution in [2.45, 2.75) is 37.8 Å². The maximum absolute atomic E-state index is 13.9. The van der Waals surface area contributed by atoms with Crippen LogP contribution in [0.5, 0.6) is 0 Å². The molecule has 2 saturated heterocycles. The summed E-state index contributed by atoms with van der Waals surface area (Å²) in [7, 11) is 0. The highest BCUT2D eigenvalue weighted by Gasteiger charge is 2.29. The largest absolute Gasteiger partial charge is 0.341 e. The summed E-state index contributed by atoms with van der Waals surface area (Å²) in [6.07, 6.45) is 6.82. The van der Waals surface area contributed by atoms with Crippen molar-refractivity contribution in [1.29, 1.82) is 0 Å². The summed E-state index contributed by atoms with van der Waals surface area (Å²) in [5, 5.41) is 1.73. The maximum atomic E-state index is 13.9. The fraction of sp³-hybridized carbons (Fsp3) is 0.308. The molecule has 4 heterocycles. The number of hydrogen-bond acceptors (Lipinski definition) is 4. The van der Waals surface area contributed by atoms with Crippen molar-refractivity contribution in [2.75, 3.05) is 13.1 Å². The third-order valence-electron chi connectivity index (χ3n) is 6.92. The van der Waals surface area contributed by atoms with Crippen LogP contribution in [-0.4, -0.2) is 43.3 Å². The summed E-state index contributed by atoms with van der Waals surface area (Å²) in [5.74, 6) is 1.37. The number of nitrogens with one attached hydrogen (secondary N) is 2. The number of imidazole rings is 2. The van der Waals surface area contributed by atoms with Crippen LogP contribution in [0.3, 0.4) is 0 Å². The van der Waals surface area contributed by atoms with Gasteiger partial charge in [-0.25, -0.2) is 9.97 Å². The van der Waals surface area contributed by atoms with Crippen LogP contribution in [-0.2, 0) is 0 Å². The van der Waals surface area contributed by atoms with Crippen molar-refractivity contribution in [2.24, 2.45) is 0 Å². The third kappa shape index (κ3) is 3.93. The average Bonchev–Trinajstić information content (AvgIpc) is 3.66. The van der Waals surface area contributed by atoms with Gasteiger partial charge in [-0.05, 0) is 47.9 Å². The van der Waals surface area contributed by atoms with Gasteiger partial charge in [-0.1, -0.05) is 48.5 Å². The zero-order valence-corrected chi connectivity index (χ0v) is 18.7. The standard InChI is InChI=1S/C26H26F2N6/c27-33-13-1-3-23(33)25-29-15-21(31-25)19-9-5-17(6-10-19)18-7-11-20(12-8-18)22-16-30-26(32-22)24-4-2-14-34(24)28/h5-12,15-16,23-24H,1-4,13-14H2,(H,29,31)(H,30,32)/t23-,24-/m0/s1. The molecule has 2 aliphatic rings. The van der Waals surface area contributed by atoms with E-state index in [4.69, 9.17) is 0 Å². The first-order valence-corrected chi connectivity index (χ1v) is 11.8. The Labute approximate surface area is 196 Å². The van der Waals surface area contributed by atoms with Gasteiger partial charge in [0.05, 0.1) is 35.9 Å². The molecule has 2 atom stereocenters. The summed E-state index contributed by atoms with van der Waals surface area (Å²) in [6, 6.07) is 16.0. The molecule has 2 aromatic heterocycles. The molecule has 4 aromatic rings. The molecular formula is C26H26F2N6. The molecule has 2 fully saturated rings. The molecule has 174 valence electrons. The van der Waals surface area contributed by atoms with Crippen LogP contribution in [0.4, 0.5) is 8.96 Å². The van der Waals surface area contributed by atoms with Gasteiger partial charge in [0.25, 0.3) is 0 Å². The predicted octanol–water partition coefficient (Wildman–Crippen LogP) is 6.18. The molecule has 0 radical (unpaired) electrons. The lowest BCUT2D eigenvalue weighted by Crippen LogP contribution is -2.14. The number of aromatic nitrogens is 4. The van der Waals surface area contributed by atoms with Gasteiger partial charge >= 0.3 is 0 Å². The summed E-state index contributed by atoms with van der Waals surface area (Å²) < 4.78 is 27.8. The molecule has 0 bridgehead atoms. The van der Waals surface area contributed by atoms with Gasteiger partial charge < -0.3 is 9.97 Å². The maximum Gasteiger partial charge on any atom is 0.126 e. The molecule has 0 aliphatic carbocycles. The second-order valence-electron chi connectivity index (χ2n) is 9.08. The molecule has 2 aliphatic heterocycles. The topological polar surface area (TPSA) is 63.8 Å². The quantitative estimate of drug-likeness (QED) is 0.349. The average molecular weight is 461 g/mol. The molecule has 0 amide bonds. The lowest BCUT2D eigenvalue weighted by molar-refractivity contribution is 0.00709. The van der Waals surface area contributed by atoms with Gasteiger partial charge in [0.15, 0.2) is 0 Å². The van der Waals surface area contributed by atoms with Gasteiger partial charge in [0.1, 0.15) is 11.6 Å². The fourth-order valence-electron chi connectivity index (χ4n) is 4.99. The molecule has 6 nitrogen and oxygen atoms in total. The van der Waals surface area contributed by atoms with Crippen LogP contribution in [0.2, 0.25) is 0 Å². The molecule has 2 aromatic carbocycles. The third-order valence-corrected chi connectivity index (χ3v) is 6.92. The highest BCUT2D eigenvalue weighted by atomic mass is 19.2. The first kappa shape index (κ1) is 21.2. The highest BCUT2D eigenvalue weighted by Crippen LogP contribution is 2.33. The van der Waals surface area contributed by atoms with Crippen LogP contribution < -0.4 is 0 Å². The summed E-state index contributed by atoms with van der Waals surface area (Å²) >= 11 is 0.